The zero-order chi connectivity index (χ0) is 22.0. The first-order valence-corrected chi connectivity index (χ1v) is 10.9. The largest absolute Gasteiger partial charge is 0.455 e. The number of rotatable bonds is 4. The third-order valence-electron chi connectivity index (χ3n) is 5.23. The second kappa shape index (κ2) is 8.89. The van der Waals surface area contributed by atoms with E-state index in [1.807, 2.05) is 38.1 Å². The summed E-state index contributed by atoms with van der Waals surface area (Å²) >= 11 is 3.48. The standard InChI is InChI=1S/C24H22BrN3O3/c1-14-11-12-18(17(25)13-14)26-24(30)22-15(2)21-19(9-6-10-20(21)31-22)27-28-23(29)16-7-4-3-5-8-16/h3-5,7-8,11-13H,6,9-10H2,1-2H3,(H,26,30)(H,28,29)/b27-19+. The summed E-state index contributed by atoms with van der Waals surface area (Å²) in [6, 6.07) is 14.6. The second-order valence-corrected chi connectivity index (χ2v) is 8.37. The van der Waals surface area contributed by atoms with Crippen molar-refractivity contribution < 1.29 is 14.0 Å². The van der Waals surface area contributed by atoms with Gasteiger partial charge in [-0.1, -0.05) is 24.3 Å². The summed E-state index contributed by atoms with van der Waals surface area (Å²) in [5, 5.41) is 7.26. The van der Waals surface area contributed by atoms with Gasteiger partial charge in [0.2, 0.25) is 0 Å². The van der Waals surface area contributed by atoms with Gasteiger partial charge >= 0.3 is 0 Å². The van der Waals surface area contributed by atoms with Crippen molar-refractivity contribution in [1.29, 1.82) is 0 Å². The number of furan rings is 1. The van der Waals surface area contributed by atoms with Crippen LogP contribution in [0.5, 0.6) is 0 Å². The first-order valence-electron chi connectivity index (χ1n) is 10.1. The van der Waals surface area contributed by atoms with Crippen molar-refractivity contribution in [2.75, 3.05) is 5.32 Å². The minimum absolute atomic E-state index is 0.265. The molecule has 2 N–H and O–H groups in total. The summed E-state index contributed by atoms with van der Waals surface area (Å²) in [6.45, 7) is 3.83. The summed E-state index contributed by atoms with van der Waals surface area (Å²) in [5.41, 5.74) is 7.19. The van der Waals surface area contributed by atoms with E-state index in [2.05, 4.69) is 31.8 Å². The van der Waals surface area contributed by atoms with Gasteiger partial charge in [0.25, 0.3) is 11.8 Å². The van der Waals surface area contributed by atoms with Crippen molar-refractivity contribution in [2.45, 2.75) is 33.1 Å². The van der Waals surface area contributed by atoms with E-state index in [1.165, 1.54) is 0 Å². The summed E-state index contributed by atoms with van der Waals surface area (Å²) < 4.78 is 6.74. The van der Waals surface area contributed by atoms with Crippen LogP contribution in [-0.4, -0.2) is 17.5 Å². The number of hydrogen-bond donors (Lipinski definition) is 2. The topological polar surface area (TPSA) is 83.7 Å². The molecule has 0 unspecified atom stereocenters. The van der Waals surface area contributed by atoms with E-state index < -0.39 is 0 Å². The Morgan fingerprint density at radius 2 is 1.81 bits per heavy atom. The molecule has 4 rings (SSSR count). The van der Waals surface area contributed by atoms with E-state index >= 15 is 0 Å². The zero-order valence-electron chi connectivity index (χ0n) is 17.3. The van der Waals surface area contributed by atoms with E-state index in [1.54, 1.807) is 24.3 Å². The molecule has 2 amide bonds. The molecule has 1 aliphatic carbocycles. The van der Waals surface area contributed by atoms with Crippen LogP contribution < -0.4 is 10.7 Å². The van der Waals surface area contributed by atoms with Crippen LogP contribution in [0.25, 0.3) is 0 Å². The average Bonchev–Trinajstić information content (AvgIpc) is 3.12. The van der Waals surface area contributed by atoms with Crippen LogP contribution in [0, 0.1) is 13.8 Å². The third-order valence-corrected chi connectivity index (χ3v) is 5.89. The molecule has 0 fully saturated rings. The fourth-order valence-electron chi connectivity index (χ4n) is 3.67. The van der Waals surface area contributed by atoms with Crippen molar-refractivity contribution in [2.24, 2.45) is 5.10 Å². The molecule has 1 aromatic heterocycles. The molecule has 0 aliphatic heterocycles. The fraction of sp³-hybridized carbons (Fsp3) is 0.208. The van der Waals surface area contributed by atoms with Gasteiger partial charge in [-0.3, -0.25) is 9.59 Å². The molecule has 0 saturated heterocycles. The molecule has 1 aliphatic rings. The van der Waals surface area contributed by atoms with E-state index in [0.29, 0.717) is 17.7 Å². The normalized spacial score (nSPS) is 14.2. The van der Waals surface area contributed by atoms with Crippen LogP contribution >= 0.6 is 15.9 Å². The number of fused-ring (bicyclic) bond motifs is 1. The molecule has 0 saturated carbocycles. The molecule has 0 radical (unpaired) electrons. The van der Waals surface area contributed by atoms with Gasteiger partial charge < -0.3 is 9.73 Å². The number of benzene rings is 2. The van der Waals surface area contributed by atoms with E-state index in [0.717, 1.165) is 45.5 Å². The predicted octanol–water partition coefficient (Wildman–Crippen LogP) is 5.38. The van der Waals surface area contributed by atoms with Crippen LogP contribution in [0.3, 0.4) is 0 Å². The van der Waals surface area contributed by atoms with Crippen molar-refractivity contribution in [3.05, 3.63) is 86.8 Å². The molecule has 31 heavy (non-hydrogen) atoms. The van der Waals surface area contributed by atoms with E-state index in [4.69, 9.17) is 4.42 Å². The van der Waals surface area contributed by atoms with Crippen molar-refractivity contribution in [1.82, 2.24) is 5.43 Å². The summed E-state index contributed by atoms with van der Waals surface area (Å²) in [7, 11) is 0. The first kappa shape index (κ1) is 21.1. The number of aryl methyl sites for hydroxylation is 2. The molecule has 2 aromatic carbocycles. The fourth-order valence-corrected chi connectivity index (χ4v) is 4.26. The third kappa shape index (κ3) is 4.46. The van der Waals surface area contributed by atoms with Crippen LogP contribution in [0.2, 0.25) is 0 Å². The summed E-state index contributed by atoms with van der Waals surface area (Å²) in [4.78, 5) is 25.3. The molecule has 0 bridgehead atoms. The minimum atomic E-state index is -0.316. The maximum atomic E-state index is 12.9. The van der Waals surface area contributed by atoms with E-state index in [9.17, 15) is 9.59 Å². The quantitative estimate of drug-likeness (QED) is 0.492. The lowest BCUT2D eigenvalue weighted by Crippen LogP contribution is -2.22. The molecule has 6 nitrogen and oxygen atoms in total. The highest BCUT2D eigenvalue weighted by Gasteiger charge is 2.28. The second-order valence-electron chi connectivity index (χ2n) is 7.51. The lowest BCUT2D eigenvalue weighted by atomic mass is 9.93. The van der Waals surface area contributed by atoms with Gasteiger partial charge in [0.15, 0.2) is 5.76 Å². The van der Waals surface area contributed by atoms with Gasteiger partial charge in [-0.2, -0.15) is 5.10 Å². The lowest BCUT2D eigenvalue weighted by Gasteiger charge is -2.13. The number of hydrazone groups is 1. The van der Waals surface area contributed by atoms with Gasteiger partial charge in [-0.05, 0) is 72.4 Å². The molecular formula is C24H22BrN3O3. The monoisotopic (exact) mass is 479 g/mol. The van der Waals surface area contributed by atoms with Crippen LogP contribution in [0.1, 0.15) is 56.2 Å². The number of hydrogen-bond acceptors (Lipinski definition) is 4. The lowest BCUT2D eigenvalue weighted by molar-refractivity contribution is 0.0953. The van der Waals surface area contributed by atoms with Crippen molar-refractivity contribution >= 4 is 39.1 Å². The highest BCUT2D eigenvalue weighted by Crippen LogP contribution is 2.31. The van der Waals surface area contributed by atoms with Gasteiger partial charge in [-0.15, -0.1) is 0 Å². The molecule has 0 atom stereocenters. The molecule has 0 spiro atoms. The number of nitrogens with one attached hydrogen (secondary N) is 2. The molecular weight excluding hydrogens is 458 g/mol. The Morgan fingerprint density at radius 1 is 1.03 bits per heavy atom. The average molecular weight is 480 g/mol. The summed E-state index contributed by atoms with van der Waals surface area (Å²) in [6.07, 6.45) is 2.26. The van der Waals surface area contributed by atoms with Crippen LogP contribution in [0.4, 0.5) is 5.69 Å². The van der Waals surface area contributed by atoms with Crippen LogP contribution in [-0.2, 0) is 6.42 Å². The minimum Gasteiger partial charge on any atom is -0.455 e. The Morgan fingerprint density at radius 3 is 2.55 bits per heavy atom. The van der Waals surface area contributed by atoms with Gasteiger partial charge in [0, 0.05) is 27.6 Å². The maximum Gasteiger partial charge on any atom is 0.291 e. The number of carbonyl (C=O) groups excluding carboxylic acids is 2. The number of halogens is 1. The number of amides is 2. The maximum absolute atomic E-state index is 12.9. The smallest absolute Gasteiger partial charge is 0.291 e. The predicted molar refractivity (Wildman–Crippen MR) is 124 cm³/mol. The highest BCUT2D eigenvalue weighted by molar-refractivity contribution is 9.10. The molecule has 7 heteroatoms. The number of anilines is 1. The van der Waals surface area contributed by atoms with Crippen molar-refractivity contribution in [3.63, 3.8) is 0 Å². The Balaban J connectivity index is 1.58. The molecule has 158 valence electrons. The van der Waals surface area contributed by atoms with Gasteiger partial charge in [-0.25, -0.2) is 5.43 Å². The Hall–Kier alpha value is -3.19. The Bertz CT molecular complexity index is 1180. The first-order chi connectivity index (χ1) is 14.9. The molecule has 1 heterocycles. The Labute approximate surface area is 188 Å². The SMILES string of the molecule is Cc1ccc(NC(=O)c2oc3c(c2C)/C(=N/NC(=O)c2ccccc2)CCC3)c(Br)c1. The number of carbonyl (C=O) groups is 2. The highest BCUT2D eigenvalue weighted by atomic mass is 79.9. The van der Waals surface area contributed by atoms with Crippen molar-refractivity contribution in [3.8, 4) is 0 Å². The Kier molecular flexibility index (Phi) is 6.04. The van der Waals surface area contributed by atoms with E-state index in [-0.39, 0.29) is 17.6 Å². The molecule has 3 aromatic rings. The van der Waals surface area contributed by atoms with Crippen LogP contribution in [0.15, 0.2) is 62.5 Å². The summed E-state index contributed by atoms with van der Waals surface area (Å²) in [5.74, 6) is 0.402. The zero-order valence-corrected chi connectivity index (χ0v) is 18.9. The van der Waals surface area contributed by atoms with Gasteiger partial charge in [0.05, 0.1) is 11.4 Å². The van der Waals surface area contributed by atoms with Gasteiger partial charge in [0.1, 0.15) is 5.76 Å². The number of nitrogens with zero attached hydrogens (tertiary/aromatic N) is 1.